The zero-order valence-electron chi connectivity index (χ0n) is 19.1. The van der Waals surface area contributed by atoms with Crippen LogP contribution in [0.4, 0.5) is 0 Å². The van der Waals surface area contributed by atoms with E-state index >= 15 is 0 Å². The van der Waals surface area contributed by atoms with Gasteiger partial charge in [-0.1, -0.05) is 45.0 Å². The molecule has 2 heterocycles. The van der Waals surface area contributed by atoms with E-state index in [0.717, 1.165) is 21.7 Å². The Morgan fingerprint density at radius 1 is 1.31 bits per heavy atom. The summed E-state index contributed by atoms with van der Waals surface area (Å²) in [4.78, 5) is 30.9. The number of halogens is 1. The lowest BCUT2D eigenvalue weighted by molar-refractivity contribution is -0.139. The zero-order valence-corrected chi connectivity index (χ0v) is 20.8. The summed E-state index contributed by atoms with van der Waals surface area (Å²) in [7, 11) is 0. The number of aromatic nitrogens is 1. The number of nitrogens with two attached hydrogens (primary N) is 1. The highest BCUT2D eigenvalue weighted by Gasteiger charge is 2.49. The maximum atomic E-state index is 12.8. The molecular formula is C23H33ClN4O3S. The van der Waals surface area contributed by atoms with Crippen LogP contribution in [-0.4, -0.2) is 46.0 Å². The van der Waals surface area contributed by atoms with Crippen molar-refractivity contribution < 1.29 is 14.7 Å². The summed E-state index contributed by atoms with van der Waals surface area (Å²) in [5.74, 6) is -0.673. The van der Waals surface area contributed by atoms with Crippen LogP contribution < -0.4 is 16.4 Å². The zero-order chi connectivity index (χ0) is 23.0. The van der Waals surface area contributed by atoms with Crippen molar-refractivity contribution in [3.8, 4) is 10.4 Å². The van der Waals surface area contributed by atoms with Crippen LogP contribution >= 0.6 is 23.7 Å². The molecule has 0 radical (unpaired) electrons. The molecule has 7 nitrogen and oxygen atoms in total. The molecule has 1 fully saturated rings. The summed E-state index contributed by atoms with van der Waals surface area (Å²) in [5.41, 5.74) is 8.85. The number of nitrogens with zero attached hydrogens (tertiary/aromatic N) is 1. The first-order valence-electron chi connectivity index (χ1n) is 10.5. The molecule has 0 aliphatic carbocycles. The Morgan fingerprint density at radius 2 is 1.94 bits per heavy atom. The molecule has 2 aromatic rings. The lowest BCUT2D eigenvalue weighted by atomic mass is 9.78. The number of β-amino-alcohol motifs (C(OH)–C–C–N with tert-alkyl or cyclic N) is 1. The maximum absolute atomic E-state index is 12.8. The molecule has 1 aliphatic rings. The van der Waals surface area contributed by atoms with Crippen LogP contribution in [0.15, 0.2) is 29.8 Å². The van der Waals surface area contributed by atoms with Crippen molar-refractivity contribution in [1.29, 1.82) is 0 Å². The molecule has 5 N–H and O–H groups in total. The number of ketones is 1. The normalized spacial score (nSPS) is 22.7. The van der Waals surface area contributed by atoms with Crippen LogP contribution in [-0.2, 0) is 9.59 Å². The molecule has 1 aromatic carbocycles. The third kappa shape index (κ3) is 5.55. The lowest BCUT2D eigenvalue weighted by Crippen LogP contribution is -2.54. The number of amides is 1. The second kappa shape index (κ2) is 9.97. The number of hydrogen-bond donors (Lipinski definition) is 4. The predicted octanol–water partition coefficient (Wildman–Crippen LogP) is 2.75. The molecule has 1 aromatic heterocycles. The van der Waals surface area contributed by atoms with Gasteiger partial charge in [-0.15, -0.1) is 23.7 Å². The summed E-state index contributed by atoms with van der Waals surface area (Å²) in [6.07, 6.45) is 0.0117. The van der Waals surface area contributed by atoms with Crippen LogP contribution in [0.1, 0.15) is 51.4 Å². The van der Waals surface area contributed by atoms with Crippen LogP contribution in [0.3, 0.4) is 0 Å². The van der Waals surface area contributed by atoms with Gasteiger partial charge >= 0.3 is 0 Å². The Labute approximate surface area is 199 Å². The second-order valence-electron chi connectivity index (χ2n) is 9.50. The van der Waals surface area contributed by atoms with Crippen molar-refractivity contribution >= 4 is 35.4 Å². The van der Waals surface area contributed by atoms with Crippen LogP contribution in [0.5, 0.6) is 0 Å². The molecule has 9 heteroatoms. The molecule has 0 spiro atoms. The average molecular weight is 481 g/mol. The number of aryl methyl sites for hydroxylation is 1. The number of rotatable bonds is 6. The smallest absolute Gasteiger partial charge is 0.237 e. The fourth-order valence-corrected chi connectivity index (χ4v) is 4.54. The van der Waals surface area contributed by atoms with Gasteiger partial charge in [0.05, 0.1) is 34.2 Å². The number of thiazole rings is 1. The minimum Gasteiger partial charge on any atom is -0.381 e. The topological polar surface area (TPSA) is 117 Å². The van der Waals surface area contributed by atoms with Gasteiger partial charge in [-0.3, -0.25) is 9.59 Å². The van der Waals surface area contributed by atoms with E-state index in [1.807, 2.05) is 64.4 Å². The highest BCUT2D eigenvalue weighted by atomic mass is 35.5. The molecular weight excluding hydrogens is 448 g/mol. The van der Waals surface area contributed by atoms with E-state index in [9.17, 15) is 14.7 Å². The van der Waals surface area contributed by atoms with E-state index in [1.54, 1.807) is 11.3 Å². The largest absolute Gasteiger partial charge is 0.381 e. The van der Waals surface area contributed by atoms with E-state index < -0.39 is 28.9 Å². The molecule has 4 atom stereocenters. The van der Waals surface area contributed by atoms with Crippen molar-refractivity contribution in [3.63, 3.8) is 0 Å². The van der Waals surface area contributed by atoms with Crippen molar-refractivity contribution in [2.75, 3.05) is 6.54 Å². The van der Waals surface area contributed by atoms with Crippen molar-refractivity contribution in [1.82, 2.24) is 15.6 Å². The Bertz CT molecular complexity index is 957. The number of carbonyl (C=O) groups is 2. The Hall–Kier alpha value is -1.84. The maximum Gasteiger partial charge on any atom is 0.237 e. The van der Waals surface area contributed by atoms with E-state index in [4.69, 9.17) is 5.73 Å². The number of benzene rings is 1. The first-order chi connectivity index (χ1) is 14.4. The van der Waals surface area contributed by atoms with Crippen molar-refractivity contribution in [2.45, 2.75) is 64.8 Å². The van der Waals surface area contributed by atoms with E-state index in [1.165, 1.54) is 0 Å². The summed E-state index contributed by atoms with van der Waals surface area (Å²) in [6, 6.07) is 6.36. The number of Topliss-reactive ketones (excluding diaryl/α,β-unsaturated/α-hetero) is 1. The average Bonchev–Trinajstić information content (AvgIpc) is 3.32. The SMILES string of the molecule is Cc1ncsc1-c1ccc([C@H](C)NC(=O)[C@@H]2C[C@](O)(C(=O)C(N)C(C)(C)C)CN2)cc1.Cl. The highest BCUT2D eigenvalue weighted by molar-refractivity contribution is 7.13. The molecule has 0 saturated carbocycles. The molecule has 176 valence electrons. The van der Waals surface area contributed by atoms with Gasteiger partial charge in [0.2, 0.25) is 5.91 Å². The monoisotopic (exact) mass is 480 g/mol. The summed E-state index contributed by atoms with van der Waals surface area (Å²) in [5, 5.41) is 16.8. The summed E-state index contributed by atoms with van der Waals surface area (Å²) < 4.78 is 0. The highest BCUT2D eigenvalue weighted by Crippen LogP contribution is 2.29. The van der Waals surface area contributed by atoms with E-state index in [2.05, 4.69) is 15.6 Å². The Morgan fingerprint density at radius 3 is 2.47 bits per heavy atom. The van der Waals surface area contributed by atoms with E-state index in [0.29, 0.717) is 0 Å². The third-order valence-electron chi connectivity index (χ3n) is 5.95. The van der Waals surface area contributed by atoms with Gasteiger partial charge < -0.3 is 21.5 Å². The lowest BCUT2D eigenvalue weighted by Gasteiger charge is -2.31. The van der Waals surface area contributed by atoms with Gasteiger partial charge in [-0.25, -0.2) is 4.98 Å². The quantitative estimate of drug-likeness (QED) is 0.505. The van der Waals surface area contributed by atoms with Gasteiger partial charge in [-0.05, 0) is 30.4 Å². The van der Waals surface area contributed by atoms with Crippen LogP contribution in [0.25, 0.3) is 10.4 Å². The summed E-state index contributed by atoms with van der Waals surface area (Å²) in [6.45, 7) is 9.48. The number of carbonyl (C=O) groups excluding carboxylic acids is 2. The second-order valence-corrected chi connectivity index (χ2v) is 10.4. The molecule has 1 amide bonds. The van der Waals surface area contributed by atoms with Gasteiger partial charge in [0.1, 0.15) is 5.60 Å². The first kappa shape index (κ1) is 26.4. The van der Waals surface area contributed by atoms with Crippen molar-refractivity contribution in [3.05, 3.63) is 41.0 Å². The molecule has 32 heavy (non-hydrogen) atoms. The number of aliphatic hydroxyl groups is 1. The fourth-order valence-electron chi connectivity index (χ4n) is 3.73. The predicted molar refractivity (Wildman–Crippen MR) is 130 cm³/mol. The fraction of sp³-hybridized carbons (Fsp3) is 0.522. The molecule has 3 rings (SSSR count). The van der Waals surface area contributed by atoms with Crippen molar-refractivity contribution in [2.24, 2.45) is 11.1 Å². The minimum atomic E-state index is -1.63. The molecule has 1 aliphatic heterocycles. The Kier molecular flexibility index (Phi) is 8.23. The Balaban J connectivity index is 0.00000363. The van der Waals surface area contributed by atoms with Crippen LogP contribution in [0, 0.1) is 12.3 Å². The number of nitrogens with one attached hydrogen (secondary N) is 2. The summed E-state index contributed by atoms with van der Waals surface area (Å²) >= 11 is 1.60. The number of hydrogen-bond acceptors (Lipinski definition) is 7. The standard InChI is InChI=1S/C23H32N4O3S.ClH/c1-13(15-6-8-16(9-7-15)18-14(2)26-12-31-18)27-21(29)17-10-23(30,11-25-17)20(28)19(24)22(3,4)5;/h6-9,12-13,17,19,25,30H,10-11,24H2,1-5H3,(H,27,29);1H/t13-,17-,19?,23+;/m0./s1. The molecule has 1 unspecified atom stereocenters. The van der Waals surface area contributed by atoms with E-state index in [-0.39, 0.29) is 37.3 Å². The third-order valence-corrected chi connectivity index (χ3v) is 6.93. The molecule has 0 bridgehead atoms. The minimum absolute atomic E-state index is 0. The van der Waals surface area contributed by atoms with Crippen LogP contribution in [0.2, 0.25) is 0 Å². The van der Waals surface area contributed by atoms with Gasteiger partial charge in [0.25, 0.3) is 0 Å². The van der Waals surface area contributed by atoms with Gasteiger partial charge in [-0.2, -0.15) is 0 Å². The molecule has 1 saturated heterocycles. The van der Waals surface area contributed by atoms with Gasteiger partial charge in [0.15, 0.2) is 5.78 Å². The van der Waals surface area contributed by atoms with Gasteiger partial charge in [0, 0.05) is 13.0 Å². The first-order valence-corrected chi connectivity index (χ1v) is 11.4.